The van der Waals surface area contributed by atoms with Gasteiger partial charge in [0.25, 0.3) is 0 Å². The molecule has 2 aromatic rings. The van der Waals surface area contributed by atoms with Crippen LogP contribution in [0.25, 0.3) is 0 Å². The minimum absolute atomic E-state index is 0.222. The molecule has 4 heterocycles. The van der Waals surface area contributed by atoms with Crippen molar-refractivity contribution in [2.75, 3.05) is 13.2 Å². The molecule has 2 aliphatic heterocycles. The molecule has 0 unspecified atom stereocenters. The highest BCUT2D eigenvalue weighted by molar-refractivity contribution is 7.09. The highest BCUT2D eigenvalue weighted by atomic mass is 32.1. The quantitative estimate of drug-likeness (QED) is 0.801. The Hall–Kier alpha value is -1.21. The first-order valence-corrected chi connectivity index (χ1v) is 9.55. The average molecular weight is 348 g/mol. The molecule has 4 rings (SSSR count). The molecule has 2 aromatic heterocycles. The topological polar surface area (TPSA) is 47.7 Å². The molecule has 0 amide bonds. The van der Waals surface area contributed by atoms with Gasteiger partial charge in [-0.1, -0.05) is 0 Å². The Morgan fingerprint density at radius 2 is 2.33 bits per heavy atom. The Morgan fingerprint density at radius 3 is 3.12 bits per heavy atom. The summed E-state index contributed by atoms with van der Waals surface area (Å²) < 4.78 is 17.3. The van der Waals surface area contributed by atoms with Crippen LogP contribution in [0.3, 0.4) is 0 Å². The van der Waals surface area contributed by atoms with Gasteiger partial charge in [0.2, 0.25) is 0 Å². The lowest BCUT2D eigenvalue weighted by Gasteiger charge is -2.35. The summed E-state index contributed by atoms with van der Waals surface area (Å²) in [6.45, 7) is 5.35. The number of thiazole rings is 1. The summed E-state index contributed by atoms with van der Waals surface area (Å²) in [5.74, 6) is 0. The molecule has 0 radical (unpaired) electrons. The van der Waals surface area contributed by atoms with Crippen LogP contribution in [-0.4, -0.2) is 41.3 Å². The Bertz CT molecular complexity index is 642. The van der Waals surface area contributed by atoms with Crippen LogP contribution in [0, 0.1) is 6.92 Å². The van der Waals surface area contributed by atoms with Gasteiger partial charge in [0.1, 0.15) is 0 Å². The van der Waals surface area contributed by atoms with Gasteiger partial charge in [-0.3, -0.25) is 4.90 Å². The van der Waals surface area contributed by atoms with Crippen molar-refractivity contribution in [1.82, 2.24) is 9.88 Å². The van der Waals surface area contributed by atoms with E-state index in [1.807, 2.05) is 19.3 Å². The van der Waals surface area contributed by atoms with Crippen molar-refractivity contribution in [1.29, 1.82) is 0 Å². The Morgan fingerprint density at radius 1 is 1.38 bits per heavy atom. The Balaban J connectivity index is 1.23. The highest BCUT2D eigenvalue weighted by Crippen LogP contribution is 2.32. The van der Waals surface area contributed by atoms with Crippen molar-refractivity contribution in [2.45, 2.75) is 57.6 Å². The molecular weight excluding hydrogens is 324 g/mol. The van der Waals surface area contributed by atoms with Gasteiger partial charge in [-0.2, -0.15) is 0 Å². The molecule has 0 spiro atoms. The average Bonchev–Trinajstić information content (AvgIpc) is 3.31. The molecule has 0 saturated carbocycles. The number of hydrogen-bond acceptors (Lipinski definition) is 6. The normalized spacial score (nSPS) is 27.5. The van der Waals surface area contributed by atoms with E-state index < -0.39 is 0 Å². The maximum Gasteiger partial charge on any atom is 0.0947 e. The maximum atomic E-state index is 6.30. The van der Waals surface area contributed by atoms with Crippen molar-refractivity contribution in [2.24, 2.45) is 0 Å². The summed E-state index contributed by atoms with van der Waals surface area (Å²) in [5, 5.41) is 3.16. The zero-order valence-corrected chi connectivity index (χ0v) is 14.8. The zero-order chi connectivity index (χ0) is 16.4. The van der Waals surface area contributed by atoms with E-state index in [4.69, 9.17) is 13.9 Å². The van der Waals surface area contributed by atoms with Gasteiger partial charge in [-0.15, -0.1) is 11.3 Å². The zero-order valence-electron chi connectivity index (χ0n) is 14.0. The van der Waals surface area contributed by atoms with E-state index in [0.717, 1.165) is 36.6 Å². The van der Waals surface area contributed by atoms with Crippen molar-refractivity contribution in [3.05, 3.63) is 40.2 Å². The molecular formula is C18H24N2O3S. The highest BCUT2D eigenvalue weighted by Gasteiger charge is 2.39. The summed E-state index contributed by atoms with van der Waals surface area (Å²) >= 11 is 1.67. The second-order valence-electron chi connectivity index (χ2n) is 6.70. The number of hydrogen-bond donors (Lipinski definition) is 0. The van der Waals surface area contributed by atoms with E-state index in [9.17, 15) is 0 Å². The molecule has 0 aromatic carbocycles. The first-order chi connectivity index (χ1) is 11.8. The number of furan rings is 1. The number of fused-ring (bicyclic) bond motifs is 1. The van der Waals surface area contributed by atoms with Gasteiger partial charge in [-0.05, 0) is 32.3 Å². The van der Waals surface area contributed by atoms with Crippen LogP contribution in [0.5, 0.6) is 0 Å². The van der Waals surface area contributed by atoms with Crippen LogP contribution in [0.4, 0.5) is 0 Å². The van der Waals surface area contributed by atoms with Crippen LogP contribution in [-0.2, 0) is 22.6 Å². The lowest BCUT2D eigenvalue weighted by molar-refractivity contribution is -0.102. The van der Waals surface area contributed by atoms with Gasteiger partial charge in [0.05, 0.1) is 48.6 Å². The predicted octanol–water partition coefficient (Wildman–Crippen LogP) is 3.38. The number of nitrogens with zero attached hydrogens (tertiary/aromatic N) is 2. The Labute approximate surface area is 146 Å². The minimum atomic E-state index is 0.222. The molecule has 0 bridgehead atoms. The first-order valence-electron chi connectivity index (χ1n) is 8.67. The molecule has 2 saturated heterocycles. The fourth-order valence-electron chi connectivity index (χ4n) is 3.79. The van der Waals surface area contributed by atoms with E-state index in [1.165, 1.54) is 12.0 Å². The second-order valence-corrected chi connectivity index (χ2v) is 7.77. The van der Waals surface area contributed by atoms with Crippen LogP contribution in [0.2, 0.25) is 0 Å². The third-order valence-corrected chi connectivity index (χ3v) is 5.76. The van der Waals surface area contributed by atoms with Crippen LogP contribution in [0.1, 0.15) is 35.5 Å². The maximum absolute atomic E-state index is 6.30. The van der Waals surface area contributed by atoms with Crippen molar-refractivity contribution >= 4 is 11.3 Å². The smallest absolute Gasteiger partial charge is 0.0947 e. The molecule has 0 aliphatic carbocycles. The fraction of sp³-hybridized carbons (Fsp3) is 0.611. The number of rotatable bonds is 6. The molecule has 6 heteroatoms. The fourth-order valence-corrected chi connectivity index (χ4v) is 4.39. The van der Waals surface area contributed by atoms with Gasteiger partial charge in [-0.25, -0.2) is 4.98 Å². The summed E-state index contributed by atoms with van der Waals surface area (Å²) in [6.07, 6.45) is 7.53. The molecule has 2 aliphatic rings. The van der Waals surface area contributed by atoms with Gasteiger partial charge in [0, 0.05) is 30.1 Å². The molecule has 5 nitrogen and oxygen atoms in total. The monoisotopic (exact) mass is 348 g/mol. The standard InChI is InChI=1S/C18H24N2O3S/c1-13-19-15(12-24-13)10-22-11-16-2-3-17-18(23-16)4-6-20(17)8-14-5-7-21-9-14/h5,7,9,12,16-18H,2-4,6,8,10-11H2,1H3/t16-,17+,18+/m1/s1. The van der Waals surface area contributed by atoms with Crippen molar-refractivity contribution < 1.29 is 13.9 Å². The van der Waals surface area contributed by atoms with Gasteiger partial charge >= 0.3 is 0 Å². The van der Waals surface area contributed by atoms with Gasteiger partial charge < -0.3 is 13.9 Å². The van der Waals surface area contributed by atoms with Crippen molar-refractivity contribution in [3.63, 3.8) is 0 Å². The Kier molecular flexibility index (Phi) is 4.98. The third-order valence-electron chi connectivity index (χ3n) is 4.94. The van der Waals surface area contributed by atoms with E-state index in [-0.39, 0.29) is 6.10 Å². The predicted molar refractivity (Wildman–Crippen MR) is 91.9 cm³/mol. The molecule has 0 N–H and O–H groups in total. The molecule has 24 heavy (non-hydrogen) atoms. The number of aromatic nitrogens is 1. The van der Waals surface area contributed by atoms with Crippen LogP contribution >= 0.6 is 11.3 Å². The molecule has 2 fully saturated rings. The van der Waals surface area contributed by atoms with Crippen molar-refractivity contribution in [3.8, 4) is 0 Å². The minimum Gasteiger partial charge on any atom is -0.472 e. The summed E-state index contributed by atoms with van der Waals surface area (Å²) in [7, 11) is 0. The lowest BCUT2D eigenvalue weighted by atomic mass is 9.99. The summed E-state index contributed by atoms with van der Waals surface area (Å²) in [6, 6.07) is 2.59. The number of ether oxygens (including phenoxy) is 2. The van der Waals surface area contributed by atoms with Crippen LogP contribution in [0.15, 0.2) is 28.4 Å². The lowest BCUT2D eigenvalue weighted by Crippen LogP contribution is -2.43. The number of likely N-dealkylation sites (tertiary alicyclic amines) is 1. The summed E-state index contributed by atoms with van der Waals surface area (Å²) in [4.78, 5) is 6.96. The SMILES string of the molecule is Cc1nc(COC[C@H]2CC[C@H]3[C@H](CCN3Cc3ccoc3)O2)cs1. The summed E-state index contributed by atoms with van der Waals surface area (Å²) in [5.41, 5.74) is 2.28. The van der Waals surface area contributed by atoms with E-state index >= 15 is 0 Å². The molecule has 130 valence electrons. The van der Waals surface area contributed by atoms with E-state index in [2.05, 4.69) is 15.3 Å². The third kappa shape index (κ3) is 3.72. The van der Waals surface area contributed by atoms with E-state index in [1.54, 1.807) is 17.6 Å². The van der Waals surface area contributed by atoms with E-state index in [0.29, 0.717) is 25.4 Å². The largest absolute Gasteiger partial charge is 0.472 e. The second kappa shape index (κ2) is 7.35. The van der Waals surface area contributed by atoms with Gasteiger partial charge in [0.15, 0.2) is 0 Å². The first kappa shape index (κ1) is 16.3. The van der Waals surface area contributed by atoms with Crippen LogP contribution < -0.4 is 0 Å². The number of aryl methyl sites for hydroxylation is 1. The molecule has 3 atom stereocenters.